The van der Waals surface area contributed by atoms with Gasteiger partial charge in [0.1, 0.15) is 17.2 Å². The first-order valence-electron chi connectivity index (χ1n) is 9.15. The van der Waals surface area contributed by atoms with Crippen molar-refractivity contribution in [1.29, 1.82) is 0 Å². The van der Waals surface area contributed by atoms with E-state index in [2.05, 4.69) is 15.6 Å². The van der Waals surface area contributed by atoms with Crippen molar-refractivity contribution in [1.82, 2.24) is 19.9 Å². The zero-order valence-electron chi connectivity index (χ0n) is 15.5. The van der Waals surface area contributed by atoms with Crippen molar-refractivity contribution >= 4 is 22.8 Å². The van der Waals surface area contributed by atoms with Crippen molar-refractivity contribution in [3.05, 3.63) is 53.6 Å². The monoisotopic (exact) mass is 425 g/mol. The topological polar surface area (TPSA) is 63.1 Å². The zero-order chi connectivity index (χ0) is 21.5. The molecule has 2 amide bonds. The maximum absolute atomic E-state index is 13.7. The molecule has 2 aromatic carbocycles. The second-order valence-electron chi connectivity index (χ2n) is 7.01. The summed E-state index contributed by atoms with van der Waals surface area (Å²) in [7, 11) is 0. The van der Waals surface area contributed by atoms with E-state index in [0.29, 0.717) is 37.5 Å². The molecule has 158 valence electrons. The van der Waals surface area contributed by atoms with Crippen LogP contribution in [0.1, 0.15) is 24.4 Å². The number of piperidine rings is 1. The number of anilines is 1. The lowest BCUT2D eigenvalue weighted by molar-refractivity contribution is -0.137. The number of halogens is 5. The summed E-state index contributed by atoms with van der Waals surface area (Å²) in [5.41, 5.74) is -0.274. The van der Waals surface area contributed by atoms with Gasteiger partial charge in [-0.25, -0.2) is 18.3 Å². The third-order valence-electron chi connectivity index (χ3n) is 5.07. The second-order valence-corrected chi connectivity index (χ2v) is 7.01. The first-order chi connectivity index (χ1) is 14.2. The van der Waals surface area contributed by atoms with E-state index in [1.54, 1.807) is 4.68 Å². The summed E-state index contributed by atoms with van der Waals surface area (Å²) in [6.07, 6.45) is -3.46. The van der Waals surface area contributed by atoms with Crippen molar-refractivity contribution in [2.75, 3.05) is 18.4 Å². The standard InChI is InChI=1S/C19H16F5N5O/c20-12-2-3-15(14(21)10-12)25-18(30)28-7-5-13(6-8-28)29-17-4-1-11(19(22,23)24)9-16(17)26-27-29/h1-4,9-10,13H,5-8H2,(H,25,30). The molecule has 1 aliphatic heterocycles. The van der Waals surface area contributed by atoms with Crippen LogP contribution in [0.4, 0.5) is 32.4 Å². The van der Waals surface area contributed by atoms with Gasteiger partial charge in [0.05, 0.1) is 22.8 Å². The highest BCUT2D eigenvalue weighted by molar-refractivity contribution is 5.89. The molecule has 1 N–H and O–H groups in total. The number of hydrogen-bond acceptors (Lipinski definition) is 3. The van der Waals surface area contributed by atoms with Crippen molar-refractivity contribution in [2.45, 2.75) is 25.1 Å². The van der Waals surface area contributed by atoms with Gasteiger partial charge in [-0.3, -0.25) is 0 Å². The molecule has 3 aromatic rings. The highest BCUT2D eigenvalue weighted by Crippen LogP contribution is 2.32. The number of hydrogen-bond donors (Lipinski definition) is 1. The van der Waals surface area contributed by atoms with Gasteiger partial charge >= 0.3 is 12.2 Å². The molecule has 11 heteroatoms. The molecule has 1 aromatic heterocycles. The summed E-state index contributed by atoms with van der Waals surface area (Å²) >= 11 is 0. The predicted molar refractivity (Wildman–Crippen MR) is 97.8 cm³/mol. The molecule has 1 fully saturated rings. The van der Waals surface area contributed by atoms with Crippen LogP contribution in [-0.2, 0) is 6.18 Å². The fraction of sp³-hybridized carbons (Fsp3) is 0.316. The number of rotatable bonds is 2. The summed E-state index contributed by atoms with van der Waals surface area (Å²) in [4.78, 5) is 13.8. The molecular weight excluding hydrogens is 409 g/mol. The smallest absolute Gasteiger partial charge is 0.324 e. The average molecular weight is 425 g/mol. The van der Waals surface area contributed by atoms with E-state index in [9.17, 15) is 26.7 Å². The molecule has 0 aliphatic carbocycles. The number of benzene rings is 2. The van der Waals surface area contributed by atoms with E-state index in [1.165, 1.54) is 11.0 Å². The lowest BCUT2D eigenvalue weighted by atomic mass is 10.1. The van der Waals surface area contributed by atoms with Gasteiger partial charge in [-0.1, -0.05) is 5.21 Å². The van der Waals surface area contributed by atoms with E-state index in [1.807, 2.05) is 0 Å². The van der Waals surface area contributed by atoms with Gasteiger partial charge in [0.25, 0.3) is 0 Å². The Kier molecular flexibility index (Phi) is 5.04. The molecule has 0 atom stereocenters. The number of urea groups is 1. The Bertz CT molecular complexity index is 1090. The summed E-state index contributed by atoms with van der Waals surface area (Å²) < 4.78 is 66.8. The molecule has 2 heterocycles. The predicted octanol–water partition coefficient (Wildman–Crippen LogP) is 4.60. The molecule has 30 heavy (non-hydrogen) atoms. The summed E-state index contributed by atoms with van der Waals surface area (Å²) in [6.45, 7) is 0.669. The SMILES string of the molecule is O=C(Nc1ccc(F)cc1F)N1CCC(n2nnc3cc(C(F)(F)F)ccc32)CC1. The van der Waals surface area contributed by atoms with Crippen LogP contribution in [0.15, 0.2) is 36.4 Å². The van der Waals surface area contributed by atoms with E-state index in [4.69, 9.17) is 0 Å². The van der Waals surface area contributed by atoms with Crippen LogP contribution in [0.5, 0.6) is 0 Å². The fourth-order valence-corrected chi connectivity index (χ4v) is 3.49. The maximum Gasteiger partial charge on any atom is 0.416 e. The van der Waals surface area contributed by atoms with Gasteiger partial charge in [-0.15, -0.1) is 5.10 Å². The Morgan fingerprint density at radius 2 is 1.80 bits per heavy atom. The molecule has 0 spiro atoms. The van der Waals surface area contributed by atoms with Gasteiger partial charge in [0.15, 0.2) is 0 Å². The van der Waals surface area contributed by atoms with Crippen molar-refractivity contribution in [3.8, 4) is 0 Å². The Balaban J connectivity index is 1.42. The minimum Gasteiger partial charge on any atom is -0.324 e. The van der Waals surface area contributed by atoms with Gasteiger partial charge in [-0.2, -0.15) is 13.2 Å². The highest BCUT2D eigenvalue weighted by atomic mass is 19.4. The summed E-state index contributed by atoms with van der Waals surface area (Å²) in [6, 6.07) is 5.50. The largest absolute Gasteiger partial charge is 0.416 e. The van der Waals surface area contributed by atoms with Crippen LogP contribution >= 0.6 is 0 Å². The number of likely N-dealkylation sites (tertiary alicyclic amines) is 1. The Labute approximate surface area is 167 Å². The molecular formula is C19H16F5N5O. The van der Waals surface area contributed by atoms with Crippen molar-refractivity contribution in [3.63, 3.8) is 0 Å². The van der Waals surface area contributed by atoms with Crippen molar-refractivity contribution < 1.29 is 26.7 Å². The average Bonchev–Trinajstić information content (AvgIpc) is 3.13. The van der Waals surface area contributed by atoms with E-state index in [0.717, 1.165) is 24.3 Å². The Morgan fingerprint density at radius 1 is 1.07 bits per heavy atom. The lowest BCUT2D eigenvalue weighted by Gasteiger charge is -2.32. The molecule has 0 bridgehead atoms. The Morgan fingerprint density at radius 3 is 2.47 bits per heavy atom. The van der Waals surface area contributed by atoms with Crippen LogP contribution in [-0.4, -0.2) is 39.0 Å². The Hall–Kier alpha value is -3.24. The van der Waals surface area contributed by atoms with Gasteiger partial charge in [0.2, 0.25) is 0 Å². The lowest BCUT2D eigenvalue weighted by Crippen LogP contribution is -2.41. The van der Waals surface area contributed by atoms with Gasteiger partial charge in [-0.05, 0) is 43.2 Å². The van der Waals surface area contributed by atoms with Crippen LogP contribution in [0, 0.1) is 11.6 Å². The van der Waals surface area contributed by atoms with Crippen LogP contribution in [0.25, 0.3) is 11.0 Å². The third-order valence-corrected chi connectivity index (χ3v) is 5.07. The minimum absolute atomic E-state index is 0.119. The number of carbonyl (C=O) groups is 1. The van der Waals surface area contributed by atoms with E-state index in [-0.39, 0.29) is 17.2 Å². The summed E-state index contributed by atoms with van der Waals surface area (Å²) in [5, 5.41) is 10.2. The van der Waals surface area contributed by atoms with Crippen LogP contribution in [0.3, 0.4) is 0 Å². The van der Waals surface area contributed by atoms with Crippen molar-refractivity contribution in [2.24, 2.45) is 0 Å². The number of amides is 2. The number of fused-ring (bicyclic) bond motifs is 1. The van der Waals surface area contributed by atoms with Gasteiger partial charge < -0.3 is 10.2 Å². The number of carbonyl (C=O) groups excluding carboxylic acids is 1. The highest BCUT2D eigenvalue weighted by Gasteiger charge is 2.32. The molecule has 0 unspecified atom stereocenters. The zero-order valence-corrected chi connectivity index (χ0v) is 15.5. The summed E-state index contributed by atoms with van der Waals surface area (Å²) in [5.74, 6) is -1.61. The number of aromatic nitrogens is 3. The quantitative estimate of drug-likeness (QED) is 0.611. The second kappa shape index (κ2) is 7.54. The van der Waals surface area contributed by atoms with Crippen LogP contribution in [0.2, 0.25) is 0 Å². The maximum atomic E-state index is 13.7. The number of nitrogens with zero attached hydrogens (tertiary/aromatic N) is 4. The molecule has 0 saturated carbocycles. The normalized spacial score (nSPS) is 15.6. The minimum atomic E-state index is -4.46. The fourth-order valence-electron chi connectivity index (χ4n) is 3.49. The van der Waals surface area contributed by atoms with Crippen LogP contribution < -0.4 is 5.32 Å². The van der Waals surface area contributed by atoms with Gasteiger partial charge in [0, 0.05) is 19.2 Å². The molecule has 1 aliphatic rings. The molecule has 4 rings (SSSR count). The number of nitrogens with one attached hydrogen (secondary N) is 1. The number of alkyl halides is 3. The first-order valence-corrected chi connectivity index (χ1v) is 9.15. The third kappa shape index (κ3) is 3.91. The van der Waals surface area contributed by atoms with E-state index < -0.39 is 29.4 Å². The molecule has 1 saturated heterocycles. The molecule has 0 radical (unpaired) electrons. The molecule has 6 nitrogen and oxygen atoms in total. The first kappa shape index (κ1) is 20.0. The van der Waals surface area contributed by atoms with E-state index >= 15 is 0 Å².